The zero-order chi connectivity index (χ0) is 18.5. The van der Waals surface area contributed by atoms with Crippen molar-refractivity contribution >= 4 is 40.3 Å². The third kappa shape index (κ3) is 2.50. The Morgan fingerprint density at radius 2 is 2.00 bits per heavy atom. The summed E-state index contributed by atoms with van der Waals surface area (Å²) in [6.45, 7) is 0.489. The van der Waals surface area contributed by atoms with Crippen molar-refractivity contribution in [3.8, 4) is 11.5 Å². The normalized spacial score (nSPS) is 23.5. The van der Waals surface area contributed by atoms with E-state index in [2.05, 4.69) is 22.6 Å². The van der Waals surface area contributed by atoms with Crippen LogP contribution in [0.15, 0.2) is 23.9 Å². The number of ketones is 1. The van der Waals surface area contributed by atoms with Gasteiger partial charge in [-0.2, -0.15) is 0 Å². The fourth-order valence-electron chi connectivity index (χ4n) is 3.82. The van der Waals surface area contributed by atoms with Gasteiger partial charge in [0.25, 0.3) is 5.91 Å². The minimum atomic E-state index is -1.05. The molecule has 1 amide bonds. The highest BCUT2D eigenvalue weighted by atomic mass is 127. The van der Waals surface area contributed by atoms with Crippen LogP contribution in [-0.4, -0.2) is 43.0 Å². The van der Waals surface area contributed by atoms with Gasteiger partial charge < -0.3 is 19.1 Å². The largest absolute Gasteiger partial charge is 0.468 e. The molecule has 2 heterocycles. The molecule has 0 N–H and O–H groups in total. The van der Waals surface area contributed by atoms with Gasteiger partial charge in [-0.25, -0.2) is 0 Å². The van der Waals surface area contributed by atoms with Crippen LogP contribution < -0.4 is 9.47 Å². The molecule has 1 atom stereocenters. The maximum Gasteiger partial charge on any atom is 0.318 e. The van der Waals surface area contributed by atoms with E-state index >= 15 is 0 Å². The van der Waals surface area contributed by atoms with E-state index in [0.29, 0.717) is 35.7 Å². The van der Waals surface area contributed by atoms with Crippen LogP contribution in [0.5, 0.6) is 11.5 Å². The quantitative estimate of drug-likeness (QED) is 0.489. The standard InChI is InChI=1S/C18H16INO6/c1-24-17(23)18-4-5-20(15(18)3-2-10(21)8-18)16(22)11-6-13-14(7-12(11)19)26-9-25-13/h3,6-7H,2,4-5,8-9H2,1H3. The summed E-state index contributed by atoms with van der Waals surface area (Å²) in [6, 6.07) is 3.43. The molecule has 1 aromatic rings. The molecule has 8 heteroatoms. The van der Waals surface area contributed by atoms with E-state index in [1.54, 1.807) is 23.1 Å². The maximum absolute atomic E-state index is 13.2. The zero-order valence-electron chi connectivity index (χ0n) is 14.0. The minimum Gasteiger partial charge on any atom is -0.468 e. The maximum atomic E-state index is 13.2. The lowest BCUT2D eigenvalue weighted by Crippen LogP contribution is -2.39. The fraction of sp³-hybridized carbons (Fsp3) is 0.389. The Morgan fingerprint density at radius 1 is 1.27 bits per heavy atom. The summed E-state index contributed by atoms with van der Waals surface area (Å²) < 4.78 is 16.4. The Kier molecular flexibility index (Phi) is 4.17. The number of carbonyl (C=O) groups is 3. The molecule has 1 unspecified atom stereocenters. The van der Waals surface area contributed by atoms with Crippen LogP contribution >= 0.6 is 22.6 Å². The minimum absolute atomic E-state index is 0.0221. The molecule has 0 spiro atoms. The Balaban J connectivity index is 1.72. The number of methoxy groups -OCH3 is 1. The first-order chi connectivity index (χ1) is 12.5. The fourth-order valence-corrected chi connectivity index (χ4v) is 4.49. The van der Waals surface area contributed by atoms with E-state index < -0.39 is 11.4 Å². The second-order valence-corrected chi connectivity index (χ2v) is 7.64. The average Bonchev–Trinajstić information content (AvgIpc) is 3.23. The van der Waals surface area contributed by atoms with Gasteiger partial charge in [-0.05, 0) is 41.1 Å². The number of nitrogens with zero attached hydrogens (tertiary/aromatic N) is 1. The summed E-state index contributed by atoms with van der Waals surface area (Å²) >= 11 is 2.08. The van der Waals surface area contributed by atoms with Crippen LogP contribution in [0.2, 0.25) is 0 Å². The van der Waals surface area contributed by atoms with Crippen molar-refractivity contribution in [1.82, 2.24) is 4.90 Å². The van der Waals surface area contributed by atoms with E-state index in [1.165, 1.54) is 7.11 Å². The summed E-state index contributed by atoms with van der Waals surface area (Å²) in [6.07, 6.45) is 2.36. The number of hydrogen-bond acceptors (Lipinski definition) is 6. The highest BCUT2D eigenvalue weighted by molar-refractivity contribution is 14.1. The lowest BCUT2D eigenvalue weighted by molar-refractivity contribution is -0.152. The number of allylic oxidation sites excluding steroid dienone is 1. The number of halogens is 1. The number of hydrogen-bond donors (Lipinski definition) is 0. The van der Waals surface area contributed by atoms with E-state index in [-0.39, 0.29) is 31.3 Å². The van der Waals surface area contributed by atoms with Crippen LogP contribution in [-0.2, 0) is 14.3 Å². The molecule has 1 saturated heterocycles. The summed E-state index contributed by atoms with van der Waals surface area (Å²) in [4.78, 5) is 39.2. The van der Waals surface area contributed by atoms with Crippen LogP contribution in [0.25, 0.3) is 0 Å². The Hall–Kier alpha value is -2.10. The van der Waals surface area contributed by atoms with Crippen LogP contribution in [0, 0.1) is 8.99 Å². The average molecular weight is 469 g/mol. The second-order valence-electron chi connectivity index (χ2n) is 6.47. The number of benzene rings is 1. The Bertz CT molecular complexity index is 863. The van der Waals surface area contributed by atoms with Crippen LogP contribution in [0.1, 0.15) is 29.6 Å². The van der Waals surface area contributed by atoms with Crippen molar-refractivity contribution in [1.29, 1.82) is 0 Å². The van der Waals surface area contributed by atoms with E-state index in [1.807, 2.05) is 0 Å². The molecule has 1 aliphatic carbocycles. The number of rotatable bonds is 2. The summed E-state index contributed by atoms with van der Waals surface area (Å²) in [7, 11) is 1.30. The van der Waals surface area contributed by atoms with Gasteiger partial charge in [-0.15, -0.1) is 0 Å². The first-order valence-corrected chi connectivity index (χ1v) is 9.26. The smallest absolute Gasteiger partial charge is 0.318 e. The topological polar surface area (TPSA) is 82.1 Å². The number of esters is 1. The predicted molar refractivity (Wildman–Crippen MR) is 97.7 cm³/mol. The summed E-state index contributed by atoms with van der Waals surface area (Å²) in [5, 5.41) is 0. The number of likely N-dealkylation sites (tertiary alicyclic amines) is 1. The van der Waals surface area contributed by atoms with Gasteiger partial charge in [0, 0.05) is 28.7 Å². The third-order valence-corrected chi connectivity index (χ3v) is 5.97. The molecular weight excluding hydrogens is 453 g/mol. The second kappa shape index (κ2) is 6.26. The van der Waals surface area contributed by atoms with Crippen molar-refractivity contribution in [2.24, 2.45) is 5.41 Å². The molecule has 0 radical (unpaired) electrons. The Morgan fingerprint density at radius 3 is 2.73 bits per heavy atom. The lowest BCUT2D eigenvalue weighted by atomic mass is 9.75. The molecule has 1 aromatic carbocycles. The molecule has 4 rings (SSSR count). The molecule has 3 aliphatic rings. The third-order valence-electron chi connectivity index (χ3n) is 5.08. The number of ether oxygens (including phenoxy) is 3. The van der Waals surface area contributed by atoms with E-state index in [9.17, 15) is 14.4 Å². The molecule has 136 valence electrons. The zero-order valence-corrected chi connectivity index (χ0v) is 16.2. The van der Waals surface area contributed by atoms with Crippen molar-refractivity contribution in [3.63, 3.8) is 0 Å². The van der Waals surface area contributed by atoms with Gasteiger partial charge in [0.1, 0.15) is 11.2 Å². The molecule has 2 aliphatic heterocycles. The lowest BCUT2D eigenvalue weighted by Gasteiger charge is -2.32. The predicted octanol–water partition coefficient (Wildman–Crippen LogP) is 2.27. The molecule has 1 fully saturated rings. The van der Waals surface area contributed by atoms with Crippen molar-refractivity contribution in [2.75, 3.05) is 20.4 Å². The van der Waals surface area contributed by atoms with Gasteiger partial charge >= 0.3 is 5.97 Å². The molecule has 0 bridgehead atoms. The van der Waals surface area contributed by atoms with Gasteiger partial charge in [0.15, 0.2) is 11.5 Å². The molecule has 0 aromatic heterocycles. The first-order valence-electron chi connectivity index (χ1n) is 8.18. The molecular formula is C18H16INO6. The number of Topliss-reactive ketones (excluding diaryl/α,β-unsaturated/α-hetero) is 1. The summed E-state index contributed by atoms with van der Waals surface area (Å²) in [5.74, 6) is 0.427. The van der Waals surface area contributed by atoms with Crippen molar-refractivity contribution < 1.29 is 28.6 Å². The SMILES string of the molecule is COC(=O)C12CCN(C(=O)c3cc4c(cc3I)OCO4)C1=CCC(=O)C2. The van der Waals surface area contributed by atoms with Gasteiger partial charge in [0.05, 0.1) is 12.7 Å². The van der Waals surface area contributed by atoms with Gasteiger partial charge in [0.2, 0.25) is 6.79 Å². The van der Waals surface area contributed by atoms with Crippen molar-refractivity contribution in [2.45, 2.75) is 19.3 Å². The molecule has 26 heavy (non-hydrogen) atoms. The molecule has 0 saturated carbocycles. The van der Waals surface area contributed by atoms with Crippen LogP contribution in [0.3, 0.4) is 0 Å². The number of fused-ring (bicyclic) bond motifs is 2. The van der Waals surface area contributed by atoms with Gasteiger partial charge in [-0.1, -0.05) is 6.08 Å². The van der Waals surface area contributed by atoms with E-state index in [4.69, 9.17) is 14.2 Å². The van der Waals surface area contributed by atoms with Gasteiger partial charge in [-0.3, -0.25) is 14.4 Å². The first kappa shape index (κ1) is 17.3. The number of amides is 1. The monoisotopic (exact) mass is 469 g/mol. The van der Waals surface area contributed by atoms with E-state index in [0.717, 1.165) is 3.57 Å². The van der Waals surface area contributed by atoms with Crippen molar-refractivity contribution in [3.05, 3.63) is 33.0 Å². The Labute approximate surface area is 163 Å². The highest BCUT2D eigenvalue weighted by Gasteiger charge is 2.54. The summed E-state index contributed by atoms with van der Waals surface area (Å²) in [5.41, 5.74) is -0.00244. The van der Waals surface area contributed by atoms with Crippen LogP contribution in [0.4, 0.5) is 0 Å². The highest BCUT2D eigenvalue weighted by Crippen LogP contribution is 2.48. The number of carbonyl (C=O) groups excluding carboxylic acids is 3. The molecule has 7 nitrogen and oxygen atoms in total.